The Morgan fingerprint density at radius 2 is 2.14 bits per heavy atom. The van der Waals surface area contributed by atoms with Crippen molar-refractivity contribution in [2.75, 3.05) is 43.6 Å². The molecule has 0 unspecified atom stereocenters. The second-order valence-electron chi connectivity index (χ2n) is 4.36. The van der Waals surface area contributed by atoms with Crippen LogP contribution in [0.1, 0.15) is 13.8 Å². The van der Waals surface area contributed by atoms with Crippen LogP contribution < -0.4 is 10.2 Å². The molecule has 8 nitrogen and oxygen atoms in total. The fourth-order valence-corrected chi connectivity index (χ4v) is 1.70. The minimum atomic E-state index is 0.490. The summed E-state index contributed by atoms with van der Waals surface area (Å²) in [6.45, 7) is 6.75. The van der Waals surface area contributed by atoms with E-state index >= 15 is 0 Å². The summed E-state index contributed by atoms with van der Waals surface area (Å²) in [5, 5.41) is 7.27. The summed E-state index contributed by atoms with van der Waals surface area (Å²) < 4.78 is 6.97. The van der Waals surface area contributed by atoms with Crippen molar-refractivity contribution in [3.8, 4) is 5.95 Å². The lowest BCUT2D eigenvalue weighted by Crippen LogP contribution is -2.26. The van der Waals surface area contributed by atoms with Crippen molar-refractivity contribution in [1.29, 1.82) is 0 Å². The summed E-state index contributed by atoms with van der Waals surface area (Å²) in [4.78, 5) is 15.1. The summed E-state index contributed by atoms with van der Waals surface area (Å²) in [7, 11) is 1.93. The predicted octanol–water partition coefficient (Wildman–Crippen LogP) is 0.962. The lowest BCUT2D eigenvalue weighted by molar-refractivity contribution is 0.154. The van der Waals surface area contributed by atoms with Gasteiger partial charge in [0, 0.05) is 39.1 Å². The van der Waals surface area contributed by atoms with Gasteiger partial charge in [0.2, 0.25) is 11.9 Å². The zero-order chi connectivity index (χ0) is 15.1. The van der Waals surface area contributed by atoms with E-state index < -0.39 is 0 Å². The largest absolute Gasteiger partial charge is 0.380 e. The molecule has 0 aromatic carbocycles. The van der Waals surface area contributed by atoms with Gasteiger partial charge in [-0.05, 0) is 19.9 Å². The van der Waals surface area contributed by atoms with E-state index in [1.165, 1.54) is 0 Å². The molecule has 114 valence electrons. The molecule has 0 atom stereocenters. The highest BCUT2D eigenvalue weighted by Gasteiger charge is 2.11. The Balaban J connectivity index is 2.23. The van der Waals surface area contributed by atoms with Crippen molar-refractivity contribution in [3.05, 3.63) is 18.5 Å². The van der Waals surface area contributed by atoms with Crippen LogP contribution in [0.3, 0.4) is 0 Å². The lowest BCUT2D eigenvalue weighted by Gasteiger charge is -2.18. The van der Waals surface area contributed by atoms with E-state index in [-0.39, 0.29) is 0 Å². The lowest BCUT2D eigenvalue weighted by atomic mass is 10.6. The average molecular weight is 291 g/mol. The zero-order valence-corrected chi connectivity index (χ0v) is 12.7. The standard InChI is InChI=1S/C13H21N7O/c1-4-14-11-16-12(19(3)9-10-21-5-2)18-13(17-11)20-8-6-7-15-20/h6-8H,4-5,9-10H2,1-3H3,(H,14,16,17,18). The van der Waals surface area contributed by atoms with E-state index in [1.807, 2.05) is 31.9 Å². The van der Waals surface area contributed by atoms with Crippen LogP contribution in [0.4, 0.5) is 11.9 Å². The minimum Gasteiger partial charge on any atom is -0.380 e. The third-order valence-corrected chi connectivity index (χ3v) is 2.77. The molecule has 0 radical (unpaired) electrons. The number of anilines is 2. The van der Waals surface area contributed by atoms with Gasteiger partial charge < -0.3 is 15.0 Å². The second kappa shape index (κ2) is 7.53. The van der Waals surface area contributed by atoms with Crippen LogP contribution in [-0.2, 0) is 4.74 Å². The Hall–Kier alpha value is -2.22. The fourth-order valence-electron chi connectivity index (χ4n) is 1.70. The van der Waals surface area contributed by atoms with E-state index in [0.29, 0.717) is 37.6 Å². The molecule has 0 aliphatic carbocycles. The van der Waals surface area contributed by atoms with Gasteiger partial charge in [0.05, 0.1) is 6.61 Å². The van der Waals surface area contributed by atoms with Crippen LogP contribution in [0.2, 0.25) is 0 Å². The van der Waals surface area contributed by atoms with Gasteiger partial charge in [-0.25, -0.2) is 4.68 Å². The molecule has 1 N–H and O–H groups in total. The number of hydrogen-bond donors (Lipinski definition) is 1. The maximum absolute atomic E-state index is 5.36. The normalized spacial score (nSPS) is 10.6. The molecule has 0 bridgehead atoms. The second-order valence-corrected chi connectivity index (χ2v) is 4.36. The van der Waals surface area contributed by atoms with Crippen LogP contribution in [0.15, 0.2) is 18.5 Å². The van der Waals surface area contributed by atoms with Crippen molar-refractivity contribution in [2.24, 2.45) is 0 Å². The van der Waals surface area contributed by atoms with Gasteiger partial charge in [-0.2, -0.15) is 20.1 Å². The van der Waals surface area contributed by atoms with E-state index in [4.69, 9.17) is 4.74 Å². The van der Waals surface area contributed by atoms with Crippen LogP contribution in [0.25, 0.3) is 5.95 Å². The average Bonchev–Trinajstić information content (AvgIpc) is 3.02. The van der Waals surface area contributed by atoms with E-state index in [1.54, 1.807) is 17.1 Å². The van der Waals surface area contributed by atoms with Gasteiger partial charge in [0.15, 0.2) is 0 Å². The maximum Gasteiger partial charge on any atom is 0.257 e. The quantitative estimate of drug-likeness (QED) is 0.725. The first-order valence-electron chi connectivity index (χ1n) is 7.03. The number of aromatic nitrogens is 5. The molecule has 0 aliphatic heterocycles. The van der Waals surface area contributed by atoms with Crippen molar-refractivity contribution < 1.29 is 4.74 Å². The zero-order valence-electron chi connectivity index (χ0n) is 12.7. The molecule has 0 saturated heterocycles. The summed E-state index contributed by atoms with van der Waals surface area (Å²) >= 11 is 0. The number of likely N-dealkylation sites (N-methyl/N-ethyl adjacent to an activating group) is 1. The number of nitrogens with zero attached hydrogens (tertiary/aromatic N) is 6. The molecule has 2 aromatic heterocycles. The summed E-state index contributed by atoms with van der Waals surface area (Å²) in [5.41, 5.74) is 0. The SMILES string of the molecule is CCNc1nc(N(C)CCOCC)nc(-n2cccn2)n1. The maximum atomic E-state index is 5.36. The summed E-state index contributed by atoms with van der Waals surface area (Å²) in [6.07, 6.45) is 3.49. The number of hydrogen-bond acceptors (Lipinski definition) is 7. The highest BCUT2D eigenvalue weighted by Crippen LogP contribution is 2.11. The van der Waals surface area contributed by atoms with E-state index in [9.17, 15) is 0 Å². The monoisotopic (exact) mass is 291 g/mol. The van der Waals surface area contributed by atoms with Crippen molar-refractivity contribution in [2.45, 2.75) is 13.8 Å². The summed E-state index contributed by atoms with van der Waals surface area (Å²) in [6, 6.07) is 1.83. The first-order valence-corrected chi connectivity index (χ1v) is 7.03. The molecule has 2 aromatic rings. The van der Waals surface area contributed by atoms with Crippen molar-refractivity contribution >= 4 is 11.9 Å². The topological polar surface area (TPSA) is 81.0 Å². The smallest absolute Gasteiger partial charge is 0.257 e. The summed E-state index contributed by atoms with van der Waals surface area (Å²) in [5.74, 6) is 1.62. The number of ether oxygens (including phenoxy) is 1. The molecule has 0 saturated carbocycles. The Morgan fingerprint density at radius 3 is 2.81 bits per heavy atom. The first kappa shape index (κ1) is 15.2. The molecular weight excluding hydrogens is 270 g/mol. The van der Waals surface area contributed by atoms with Gasteiger partial charge in [-0.15, -0.1) is 0 Å². The van der Waals surface area contributed by atoms with E-state index in [2.05, 4.69) is 25.4 Å². The van der Waals surface area contributed by atoms with Crippen LogP contribution in [0.5, 0.6) is 0 Å². The van der Waals surface area contributed by atoms with Crippen LogP contribution in [0, 0.1) is 0 Å². The fraction of sp³-hybridized carbons (Fsp3) is 0.538. The van der Waals surface area contributed by atoms with Crippen LogP contribution >= 0.6 is 0 Å². The molecule has 8 heteroatoms. The van der Waals surface area contributed by atoms with E-state index in [0.717, 1.165) is 6.54 Å². The number of rotatable bonds is 8. The van der Waals surface area contributed by atoms with Gasteiger partial charge in [0.1, 0.15) is 0 Å². The predicted molar refractivity (Wildman–Crippen MR) is 80.9 cm³/mol. The third kappa shape index (κ3) is 4.12. The molecule has 0 spiro atoms. The third-order valence-electron chi connectivity index (χ3n) is 2.77. The molecule has 2 heterocycles. The van der Waals surface area contributed by atoms with Gasteiger partial charge in [-0.1, -0.05) is 0 Å². The molecule has 0 aliphatic rings. The Morgan fingerprint density at radius 1 is 1.29 bits per heavy atom. The highest BCUT2D eigenvalue weighted by atomic mass is 16.5. The van der Waals surface area contributed by atoms with Crippen molar-refractivity contribution in [3.63, 3.8) is 0 Å². The van der Waals surface area contributed by atoms with Gasteiger partial charge >= 0.3 is 0 Å². The molecule has 2 rings (SSSR count). The van der Waals surface area contributed by atoms with Crippen molar-refractivity contribution in [1.82, 2.24) is 24.7 Å². The Bertz CT molecular complexity index is 543. The first-order chi connectivity index (χ1) is 10.2. The minimum absolute atomic E-state index is 0.490. The molecule has 0 fully saturated rings. The van der Waals surface area contributed by atoms with Gasteiger partial charge in [-0.3, -0.25) is 0 Å². The molecule has 21 heavy (non-hydrogen) atoms. The Kier molecular flexibility index (Phi) is 5.44. The number of nitrogens with one attached hydrogen (secondary N) is 1. The van der Waals surface area contributed by atoms with Crippen LogP contribution in [-0.4, -0.2) is 58.1 Å². The molecule has 0 amide bonds. The van der Waals surface area contributed by atoms with Gasteiger partial charge in [0.25, 0.3) is 5.95 Å². The highest BCUT2D eigenvalue weighted by molar-refractivity contribution is 5.39. The Labute approximate surface area is 124 Å². The molecular formula is C13H21N7O.